The quantitative estimate of drug-likeness (QED) is 0.687. The van der Waals surface area contributed by atoms with E-state index in [4.69, 9.17) is 15.9 Å². The fourth-order valence-electron chi connectivity index (χ4n) is 1.66. The third kappa shape index (κ3) is 3.11. The van der Waals surface area contributed by atoms with Crippen LogP contribution in [-0.4, -0.2) is 25.1 Å². The Bertz CT molecular complexity index is 789. The number of anilines is 2. The van der Waals surface area contributed by atoms with Crippen molar-refractivity contribution in [3.8, 4) is 11.5 Å². The lowest BCUT2D eigenvalue weighted by atomic mass is 10.2. The van der Waals surface area contributed by atoms with E-state index in [-0.39, 0.29) is 28.6 Å². The molecule has 0 saturated carbocycles. The van der Waals surface area contributed by atoms with Gasteiger partial charge < -0.3 is 15.9 Å². The molecule has 22 heavy (non-hydrogen) atoms. The van der Waals surface area contributed by atoms with Crippen LogP contribution in [0.1, 0.15) is 5.82 Å². The predicted octanol–water partition coefficient (Wildman–Crippen LogP) is 1.52. The molecule has 0 amide bonds. The number of thioether (sulfide) groups is 1. The Labute approximate surface area is 128 Å². The Kier molecular flexibility index (Phi) is 3.83. The van der Waals surface area contributed by atoms with Gasteiger partial charge in [-0.1, -0.05) is 23.9 Å². The first kappa shape index (κ1) is 14.2. The molecule has 0 fully saturated rings. The van der Waals surface area contributed by atoms with Gasteiger partial charge in [0.25, 0.3) is 11.1 Å². The van der Waals surface area contributed by atoms with Crippen molar-refractivity contribution in [1.29, 1.82) is 0 Å². The van der Waals surface area contributed by atoms with Gasteiger partial charge in [0, 0.05) is 0 Å². The molecule has 0 aliphatic heterocycles. The van der Waals surface area contributed by atoms with Crippen LogP contribution in [0, 0.1) is 5.82 Å². The Morgan fingerprint density at radius 1 is 1.05 bits per heavy atom. The summed E-state index contributed by atoms with van der Waals surface area (Å²) in [5, 5.41) is 7.91. The van der Waals surface area contributed by atoms with Crippen molar-refractivity contribution in [2.24, 2.45) is 0 Å². The zero-order chi connectivity index (χ0) is 15.5. The molecule has 0 radical (unpaired) electrons. The van der Waals surface area contributed by atoms with Gasteiger partial charge in [-0.2, -0.15) is 15.0 Å². The molecule has 0 bridgehead atoms. The molecule has 0 atom stereocenters. The minimum Gasteiger partial charge on any atom is -0.411 e. The molecule has 3 aromatic rings. The van der Waals surface area contributed by atoms with E-state index in [0.29, 0.717) is 11.6 Å². The van der Waals surface area contributed by atoms with Crippen LogP contribution in [0.15, 0.2) is 33.9 Å². The van der Waals surface area contributed by atoms with Crippen LogP contribution in [0.25, 0.3) is 11.5 Å². The molecule has 4 N–H and O–H groups in total. The second kappa shape index (κ2) is 5.93. The number of nitrogens with zero attached hydrogens (tertiary/aromatic N) is 5. The van der Waals surface area contributed by atoms with Crippen LogP contribution < -0.4 is 11.5 Å². The highest BCUT2D eigenvalue weighted by molar-refractivity contribution is 7.98. The summed E-state index contributed by atoms with van der Waals surface area (Å²) >= 11 is 1.19. The SMILES string of the molecule is Nc1nc(N)nc(CSc2nnc(-c3ccccc3F)o2)n1. The predicted molar refractivity (Wildman–Crippen MR) is 77.9 cm³/mol. The zero-order valence-electron chi connectivity index (χ0n) is 11.1. The van der Waals surface area contributed by atoms with Crippen molar-refractivity contribution in [3.05, 3.63) is 35.9 Å². The topological polar surface area (TPSA) is 130 Å². The second-order valence-electron chi connectivity index (χ2n) is 4.11. The molecule has 2 heterocycles. The molecule has 8 nitrogen and oxygen atoms in total. The van der Waals surface area contributed by atoms with Crippen molar-refractivity contribution in [2.45, 2.75) is 11.0 Å². The number of benzene rings is 1. The van der Waals surface area contributed by atoms with Crippen molar-refractivity contribution < 1.29 is 8.81 Å². The van der Waals surface area contributed by atoms with Gasteiger partial charge in [0.2, 0.25) is 11.9 Å². The fraction of sp³-hybridized carbons (Fsp3) is 0.0833. The molecule has 0 aliphatic rings. The highest BCUT2D eigenvalue weighted by Crippen LogP contribution is 2.26. The largest absolute Gasteiger partial charge is 0.411 e. The van der Waals surface area contributed by atoms with Crippen LogP contribution in [0.2, 0.25) is 0 Å². The van der Waals surface area contributed by atoms with Crippen molar-refractivity contribution in [3.63, 3.8) is 0 Å². The Balaban J connectivity index is 1.73. The first-order chi connectivity index (χ1) is 10.6. The maximum absolute atomic E-state index is 13.6. The van der Waals surface area contributed by atoms with Crippen LogP contribution >= 0.6 is 11.8 Å². The number of rotatable bonds is 4. The summed E-state index contributed by atoms with van der Waals surface area (Å²) in [4.78, 5) is 11.5. The number of halogens is 1. The number of nitrogen functional groups attached to an aromatic ring is 2. The summed E-state index contributed by atoms with van der Waals surface area (Å²) in [6.45, 7) is 0. The molecule has 0 aliphatic carbocycles. The minimum absolute atomic E-state index is 0.0423. The van der Waals surface area contributed by atoms with Gasteiger partial charge >= 0.3 is 0 Å². The number of nitrogens with two attached hydrogens (primary N) is 2. The van der Waals surface area contributed by atoms with Crippen molar-refractivity contribution in [2.75, 3.05) is 11.5 Å². The second-order valence-corrected chi connectivity index (χ2v) is 5.04. The first-order valence-corrected chi connectivity index (χ1v) is 7.07. The van der Waals surface area contributed by atoms with Crippen LogP contribution in [0.4, 0.5) is 16.3 Å². The van der Waals surface area contributed by atoms with Crippen LogP contribution in [0.5, 0.6) is 0 Å². The molecule has 3 rings (SSSR count). The lowest BCUT2D eigenvalue weighted by Crippen LogP contribution is -2.05. The summed E-state index contributed by atoms with van der Waals surface area (Å²) in [7, 11) is 0. The Morgan fingerprint density at radius 2 is 1.77 bits per heavy atom. The smallest absolute Gasteiger partial charge is 0.277 e. The first-order valence-electron chi connectivity index (χ1n) is 6.09. The lowest BCUT2D eigenvalue weighted by molar-refractivity contribution is 0.462. The van der Waals surface area contributed by atoms with Crippen molar-refractivity contribution >= 4 is 23.7 Å². The van der Waals surface area contributed by atoms with Gasteiger partial charge in [-0.15, -0.1) is 10.2 Å². The molecular weight excluding hydrogens is 309 g/mol. The van der Waals surface area contributed by atoms with E-state index >= 15 is 0 Å². The summed E-state index contributed by atoms with van der Waals surface area (Å²) in [6, 6.07) is 6.15. The standard InChI is InChI=1S/C12H10FN7OS/c13-7-4-2-1-3-6(7)9-19-20-12(21-9)22-5-8-16-10(14)18-11(15)17-8/h1-4H,5H2,(H4,14,15,16,17,18). The summed E-state index contributed by atoms with van der Waals surface area (Å²) in [5.41, 5.74) is 11.2. The average Bonchev–Trinajstić information content (AvgIpc) is 2.93. The molecular formula is C12H10FN7OS. The molecule has 112 valence electrons. The maximum Gasteiger partial charge on any atom is 0.277 e. The average molecular weight is 319 g/mol. The molecule has 0 unspecified atom stereocenters. The van der Waals surface area contributed by atoms with E-state index in [2.05, 4.69) is 25.1 Å². The van der Waals surface area contributed by atoms with Gasteiger partial charge in [0.05, 0.1) is 11.3 Å². The molecule has 10 heteroatoms. The van der Waals surface area contributed by atoms with E-state index in [0.717, 1.165) is 0 Å². The molecule has 2 aromatic heterocycles. The third-order valence-corrected chi connectivity index (χ3v) is 3.37. The van der Waals surface area contributed by atoms with Gasteiger partial charge in [0.15, 0.2) is 0 Å². The fourth-order valence-corrected chi connectivity index (χ4v) is 2.28. The highest BCUT2D eigenvalue weighted by Gasteiger charge is 2.13. The van der Waals surface area contributed by atoms with E-state index in [1.54, 1.807) is 18.2 Å². The monoisotopic (exact) mass is 319 g/mol. The van der Waals surface area contributed by atoms with E-state index in [1.165, 1.54) is 17.8 Å². The van der Waals surface area contributed by atoms with Gasteiger partial charge in [-0.3, -0.25) is 0 Å². The summed E-state index contributed by atoms with van der Waals surface area (Å²) < 4.78 is 19.0. The van der Waals surface area contributed by atoms with Gasteiger partial charge in [-0.25, -0.2) is 4.39 Å². The number of hydrogen-bond acceptors (Lipinski definition) is 9. The van der Waals surface area contributed by atoms with Crippen LogP contribution in [0.3, 0.4) is 0 Å². The Morgan fingerprint density at radius 3 is 2.50 bits per heavy atom. The Hall–Kier alpha value is -2.75. The molecule has 0 saturated heterocycles. The molecule has 1 aromatic carbocycles. The van der Waals surface area contributed by atoms with Gasteiger partial charge in [0.1, 0.15) is 11.6 Å². The maximum atomic E-state index is 13.6. The van der Waals surface area contributed by atoms with E-state index < -0.39 is 5.82 Å². The van der Waals surface area contributed by atoms with Crippen molar-refractivity contribution in [1.82, 2.24) is 25.1 Å². The number of aromatic nitrogens is 5. The number of hydrogen-bond donors (Lipinski definition) is 2. The van der Waals surface area contributed by atoms with Gasteiger partial charge in [-0.05, 0) is 12.1 Å². The normalized spacial score (nSPS) is 10.8. The highest BCUT2D eigenvalue weighted by atomic mass is 32.2. The molecule has 0 spiro atoms. The minimum atomic E-state index is -0.430. The zero-order valence-corrected chi connectivity index (χ0v) is 11.9. The lowest BCUT2D eigenvalue weighted by Gasteiger charge is -1.99. The van der Waals surface area contributed by atoms with Crippen LogP contribution in [-0.2, 0) is 5.75 Å². The summed E-state index contributed by atoms with van der Waals surface area (Å²) in [6.07, 6.45) is 0. The van der Waals surface area contributed by atoms with E-state index in [1.807, 2.05) is 0 Å². The third-order valence-electron chi connectivity index (χ3n) is 2.55. The summed E-state index contributed by atoms with van der Waals surface area (Å²) in [5.74, 6) is 0.466. The van der Waals surface area contributed by atoms with E-state index in [9.17, 15) is 4.39 Å².